The Morgan fingerprint density at radius 1 is 1.12 bits per heavy atom. The van der Waals surface area contributed by atoms with E-state index >= 15 is 0 Å². The summed E-state index contributed by atoms with van der Waals surface area (Å²) in [6.07, 6.45) is 4.24. The van der Waals surface area contributed by atoms with Gasteiger partial charge in [0.1, 0.15) is 6.26 Å². The SMILES string of the molecule is Cc1cc(-c2nc(C(=O)Nc3cc4cnn(C)c4cc3N3CCC(O)CC3)co2)cc(C)n1. The van der Waals surface area contributed by atoms with Crippen LogP contribution in [0.15, 0.2) is 41.1 Å². The second kappa shape index (κ2) is 8.32. The van der Waals surface area contributed by atoms with Gasteiger partial charge in [-0.05, 0) is 51.0 Å². The molecular formula is C24H26N6O3. The highest BCUT2D eigenvalue weighted by atomic mass is 16.3. The Morgan fingerprint density at radius 3 is 2.58 bits per heavy atom. The Bertz CT molecular complexity index is 1310. The molecule has 33 heavy (non-hydrogen) atoms. The van der Waals surface area contributed by atoms with E-state index in [0.29, 0.717) is 37.5 Å². The van der Waals surface area contributed by atoms with E-state index < -0.39 is 0 Å². The first-order valence-electron chi connectivity index (χ1n) is 11.0. The number of hydrogen-bond donors (Lipinski definition) is 2. The summed E-state index contributed by atoms with van der Waals surface area (Å²) < 4.78 is 7.41. The maximum atomic E-state index is 13.1. The number of aromatic nitrogens is 4. The van der Waals surface area contributed by atoms with Gasteiger partial charge in [0.15, 0.2) is 5.69 Å². The van der Waals surface area contributed by atoms with Crippen molar-refractivity contribution in [1.82, 2.24) is 19.7 Å². The van der Waals surface area contributed by atoms with Crippen LogP contribution in [0.4, 0.5) is 11.4 Å². The second-order valence-electron chi connectivity index (χ2n) is 8.55. The van der Waals surface area contributed by atoms with Gasteiger partial charge in [-0.25, -0.2) is 4.98 Å². The summed E-state index contributed by atoms with van der Waals surface area (Å²) in [4.78, 5) is 24.1. The summed E-state index contributed by atoms with van der Waals surface area (Å²) >= 11 is 0. The summed E-state index contributed by atoms with van der Waals surface area (Å²) in [5.74, 6) is 0.0238. The summed E-state index contributed by atoms with van der Waals surface area (Å²) in [6.45, 7) is 5.23. The summed E-state index contributed by atoms with van der Waals surface area (Å²) in [5.41, 5.74) is 5.24. The molecule has 0 spiro atoms. The molecule has 9 heteroatoms. The molecule has 4 heterocycles. The number of amides is 1. The van der Waals surface area contributed by atoms with E-state index in [4.69, 9.17) is 4.42 Å². The van der Waals surface area contributed by atoms with Gasteiger partial charge in [0.05, 0.1) is 29.2 Å². The van der Waals surface area contributed by atoms with Crippen molar-refractivity contribution in [2.45, 2.75) is 32.8 Å². The molecule has 170 valence electrons. The molecule has 1 amide bonds. The number of pyridine rings is 1. The zero-order valence-corrected chi connectivity index (χ0v) is 18.9. The van der Waals surface area contributed by atoms with E-state index in [1.165, 1.54) is 6.26 Å². The second-order valence-corrected chi connectivity index (χ2v) is 8.55. The lowest BCUT2D eigenvalue weighted by Gasteiger charge is -2.33. The number of nitrogens with zero attached hydrogens (tertiary/aromatic N) is 5. The molecule has 0 radical (unpaired) electrons. The molecule has 0 saturated carbocycles. The third-order valence-electron chi connectivity index (χ3n) is 5.98. The number of aliphatic hydroxyl groups is 1. The molecule has 1 fully saturated rings. The van der Waals surface area contributed by atoms with Crippen LogP contribution in [0, 0.1) is 13.8 Å². The lowest BCUT2D eigenvalue weighted by atomic mass is 10.1. The number of benzene rings is 1. The molecule has 1 aromatic carbocycles. The first-order chi connectivity index (χ1) is 15.9. The molecule has 9 nitrogen and oxygen atoms in total. The van der Waals surface area contributed by atoms with E-state index in [9.17, 15) is 9.90 Å². The minimum atomic E-state index is -0.353. The number of carbonyl (C=O) groups excluding carboxylic acids is 1. The number of oxazole rings is 1. The van der Waals surface area contributed by atoms with Gasteiger partial charge >= 0.3 is 0 Å². The van der Waals surface area contributed by atoms with Crippen molar-refractivity contribution in [3.05, 3.63) is 53.8 Å². The third kappa shape index (κ3) is 4.19. The van der Waals surface area contributed by atoms with Gasteiger partial charge in [-0.2, -0.15) is 5.10 Å². The van der Waals surface area contributed by atoms with Gasteiger partial charge in [-0.15, -0.1) is 0 Å². The Balaban J connectivity index is 1.45. The summed E-state index contributed by atoms with van der Waals surface area (Å²) in [7, 11) is 1.89. The number of nitrogens with one attached hydrogen (secondary N) is 1. The van der Waals surface area contributed by atoms with Crippen LogP contribution in [0.25, 0.3) is 22.4 Å². The molecule has 1 aliphatic heterocycles. The molecule has 0 aliphatic carbocycles. The normalized spacial score (nSPS) is 14.7. The fourth-order valence-electron chi connectivity index (χ4n) is 4.31. The Morgan fingerprint density at radius 2 is 1.85 bits per heavy atom. The van der Waals surface area contributed by atoms with Crippen molar-refractivity contribution in [1.29, 1.82) is 0 Å². The Labute approximate surface area is 191 Å². The highest BCUT2D eigenvalue weighted by Gasteiger charge is 2.23. The third-order valence-corrected chi connectivity index (χ3v) is 5.98. The molecule has 1 aliphatic rings. The molecule has 2 N–H and O–H groups in total. The molecule has 5 rings (SSSR count). The number of piperidine rings is 1. The summed E-state index contributed by atoms with van der Waals surface area (Å²) in [5, 5.41) is 18.2. The van der Waals surface area contributed by atoms with Crippen molar-refractivity contribution >= 4 is 28.2 Å². The first-order valence-corrected chi connectivity index (χ1v) is 11.0. The molecule has 1 saturated heterocycles. The quantitative estimate of drug-likeness (QED) is 0.494. The average molecular weight is 447 g/mol. The number of hydrogen-bond acceptors (Lipinski definition) is 7. The van der Waals surface area contributed by atoms with Crippen molar-refractivity contribution in [3.8, 4) is 11.5 Å². The molecule has 3 aromatic heterocycles. The number of aryl methyl sites for hydroxylation is 3. The van der Waals surface area contributed by atoms with Crippen LogP contribution in [-0.4, -0.2) is 50.0 Å². The number of rotatable bonds is 4. The van der Waals surface area contributed by atoms with Crippen LogP contribution in [0.3, 0.4) is 0 Å². The average Bonchev–Trinajstić information content (AvgIpc) is 3.41. The lowest BCUT2D eigenvalue weighted by Crippen LogP contribution is -2.36. The fourth-order valence-corrected chi connectivity index (χ4v) is 4.31. The standard InChI is InChI=1S/C24H26N6O3/c1-14-8-16(9-15(2)26-14)24-28-20(13-33-24)23(32)27-19-10-17-12-25-29(3)21(17)11-22(19)30-6-4-18(31)5-7-30/h8-13,18,31H,4-7H2,1-3H3,(H,27,32). The van der Waals surface area contributed by atoms with Crippen LogP contribution in [0.2, 0.25) is 0 Å². The monoisotopic (exact) mass is 446 g/mol. The predicted octanol–water partition coefficient (Wildman–Crippen LogP) is 3.45. The van der Waals surface area contributed by atoms with Crippen LogP contribution in [-0.2, 0) is 7.05 Å². The van der Waals surface area contributed by atoms with E-state index in [0.717, 1.165) is 33.5 Å². The topological polar surface area (TPSA) is 109 Å². The van der Waals surface area contributed by atoms with Gasteiger partial charge in [-0.1, -0.05) is 0 Å². The highest BCUT2D eigenvalue weighted by molar-refractivity contribution is 6.06. The first kappa shape index (κ1) is 21.1. The van der Waals surface area contributed by atoms with E-state index in [2.05, 4.69) is 25.3 Å². The van der Waals surface area contributed by atoms with Gasteiger partial charge in [0.25, 0.3) is 5.91 Å². The number of fused-ring (bicyclic) bond motifs is 1. The van der Waals surface area contributed by atoms with Crippen molar-refractivity contribution < 1.29 is 14.3 Å². The van der Waals surface area contributed by atoms with E-state index in [1.54, 1.807) is 6.20 Å². The van der Waals surface area contributed by atoms with Gasteiger partial charge in [-0.3, -0.25) is 14.5 Å². The van der Waals surface area contributed by atoms with Gasteiger partial charge in [0.2, 0.25) is 5.89 Å². The minimum Gasteiger partial charge on any atom is -0.444 e. The van der Waals surface area contributed by atoms with Gasteiger partial charge in [0, 0.05) is 42.5 Å². The maximum Gasteiger partial charge on any atom is 0.277 e. The zero-order valence-electron chi connectivity index (χ0n) is 18.9. The lowest BCUT2D eigenvalue weighted by molar-refractivity contribution is 0.102. The smallest absolute Gasteiger partial charge is 0.277 e. The molecule has 0 unspecified atom stereocenters. The molecule has 0 atom stereocenters. The molecule has 4 aromatic rings. The van der Waals surface area contributed by atoms with Crippen molar-refractivity contribution in [2.75, 3.05) is 23.3 Å². The Kier molecular flexibility index (Phi) is 5.33. The summed E-state index contributed by atoms with van der Waals surface area (Å²) in [6, 6.07) is 7.71. The highest BCUT2D eigenvalue weighted by Crippen LogP contribution is 2.33. The number of anilines is 2. The number of carbonyl (C=O) groups is 1. The van der Waals surface area contributed by atoms with Crippen LogP contribution < -0.4 is 10.2 Å². The maximum absolute atomic E-state index is 13.1. The van der Waals surface area contributed by atoms with Crippen LogP contribution >= 0.6 is 0 Å². The van der Waals surface area contributed by atoms with Crippen LogP contribution in [0.1, 0.15) is 34.7 Å². The molecule has 0 bridgehead atoms. The predicted molar refractivity (Wildman–Crippen MR) is 125 cm³/mol. The fraction of sp³-hybridized carbons (Fsp3) is 0.333. The van der Waals surface area contributed by atoms with E-state index in [1.807, 2.05) is 49.8 Å². The Hall–Kier alpha value is -3.72. The van der Waals surface area contributed by atoms with Gasteiger partial charge < -0.3 is 19.7 Å². The minimum absolute atomic E-state index is 0.198. The van der Waals surface area contributed by atoms with Crippen molar-refractivity contribution in [3.63, 3.8) is 0 Å². The number of aliphatic hydroxyl groups excluding tert-OH is 1. The van der Waals surface area contributed by atoms with Crippen LogP contribution in [0.5, 0.6) is 0 Å². The largest absolute Gasteiger partial charge is 0.444 e. The molecular weight excluding hydrogens is 420 g/mol. The van der Waals surface area contributed by atoms with E-state index in [-0.39, 0.29) is 17.7 Å². The zero-order chi connectivity index (χ0) is 23.1. The van der Waals surface area contributed by atoms with Crippen molar-refractivity contribution in [2.24, 2.45) is 7.05 Å².